The molecule has 5 nitrogen and oxygen atoms in total. The van der Waals surface area contributed by atoms with Gasteiger partial charge in [0.05, 0.1) is 19.7 Å². The van der Waals surface area contributed by atoms with E-state index < -0.39 is 29.8 Å². The summed E-state index contributed by atoms with van der Waals surface area (Å²) in [4.78, 5) is 13.2. The van der Waals surface area contributed by atoms with Crippen LogP contribution in [0.4, 0.5) is 8.78 Å². The maximum absolute atomic E-state index is 14.2. The minimum atomic E-state index is -2.88. The van der Waals surface area contributed by atoms with Crippen LogP contribution in [0.2, 0.25) is 0 Å². The van der Waals surface area contributed by atoms with Crippen LogP contribution in [-0.2, 0) is 28.2 Å². The number of benzene rings is 1. The Balaban J connectivity index is 1.35. The highest BCUT2D eigenvalue weighted by Gasteiger charge is 2.52. The summed E-state index contributed by atoms with van der Waals surface area (Å²) < 4.78 is 38.3. The SMILES string of the molecule is Cc1n(CCCOC(=O)[C@](O)(c2ccccc2)[C@@H]2CCCC(F)(F)C2)cc[n+]1CC1CCCCC1. The second kappa shape index (κ2) is 11.2. The Bertz CT molecular complexity index is 972. The van der Waals surface area contributed by atoms with Crippen molar-refractivity contribution < 1.29 is 28.0 Å². The molecule has 0 unspecified atom stereocenters. The number of carbonyl (C=O) groups excluding carboxylic acids is 1. The molecule has 0 saturated heterocycles. The molecule has 1 heterocycles. The molecule has 0 spiro atoms. The van der Waals surface area contributed by atoms with Gasteiger partial charge in [0.25, 0.3) is 5.82 Å². The number of hydrogen-bond donors (Lipinski definition) is 1. The van der Waals surface area contributed by atoms with Gasteiger partial charge in [0.2, 0.25) is 5.92 Å². The predicted octanol–water partition coefficient (Wildman–Crippen LogP) is 5.31. The molecular formula is C28H39F2N2O3+. The number of rotatable bonds is 9. The van der Waals surface area contributed by atoms with E-state index in [1.54, 1.807) is 30.3 Å². The fraction of sp³-hybridized carbons (Fsp3) is 0.643. The van der Waals surface area contributed by atoms with E-state index in [0.717, 1.165) is 12.5 Å². The molecule has 2 atom stereocenters. The number of carbonyl (C=O) groups is 1. The van der Waals surface area contributed by atoms with Gasteiger partial charge in [-0.2, -0.15) is 0 Å². The van der Waals surface area contributed by atoms with Crippen LogP contribution in [0.5, 0.6) is 0 Å². The van der Waals surface area contributed by atoms with Gasteiger partial charge in [-0.25, -0.2) is 22.7 Å². The topological polar surface area (TPSA) is 55.3 Å². The molecule has 192 valence electrons. The maximum atomic E-state index is 14.2. The summed E-state index contributed by atoms with van der Waals surface area (Å²) in [6.45, 7) is 3.95. The van der Waals surface area contributed by atoms with Gasteiger partial charge in [-0.3, -0.25) is 0 Å². The van der Waals surface area contributed by atoms with Crippen molar-refractivity contribution in [1.29, 1.82) is 0 Å². The molecule has 4 rings (SSSR count). The first-order valence-corrected chi connectivity index (χ1v) is 13.2. The molecule has 1 aromatic heterocycles. The lowest BCUT2D eigenvalue weighted by Gasteiger charge is -2.39. The zero-order valence-electron chi connectivity index (χ0n) is 20.8. The number of nitrogens with zero attached hydrogens (tertiary/aromatic N) is 2. The van der Waals surface area contributed by atoms with Crippen LogP contribution in [0.1, 0.15) is 75.6 Å². The van der Waals surface area contributed by atoms with Crippen molar-refractivity contribution in [2.24, 2.45) is 11.8 Å². The third-order valence-electron chi connectivity index (χ3n) is 7.97. The fourth-order valence-electron chi connectivity index (χ4n) is 5.87. The van der Waals surface area contributed by atoms with Gasteiger partial charge in [0, 0.05) is 32.1 Å². The van der Waals surface area contributed by atoms with E-state index in [9.17, 15) is 18.7 Å². The quantitative estimate of drug-likeness (QED) is 0.295. The van der Waals surface area contributed by atoms with E-state index in [1.165, 1.54) is 37.9 Å². The number of aliphatic hydroxyl groups is 1. The molecule has 2 saturated carbocycles. The summed E-state index contributed by atoms with van der Waals surface area (Å²) in [6, 6.07) is 8.40. The van der Waals surface area contributed by atoms with E-state index in [0.29, 0.717) is 24.9 Å². The van der Waals surface area contributed by atoms with Gasteiger partial charge < -0.3 is 9.84 Å². The van der Waals surface area contributed by atoms with Crippen LogP contribution in [0.25, 0.3) is 0 Å². The number of aryl methyl sites for hydroxylation is 1. The lowest BCUT2D eigenvalue weighted by atomic mass is 9.72. The molecule has 2 aromatic rings. The summed E-state index contributed by atoms with van der Waals surface area (Å²) in [5.41, 5.74) is -1.75. The Hall–Kier alpha value is -2.28. The van der Waals surface area contributed by atoms with Crippen LogP contribution >= 0.6 is 0 Å². The Morgan fingerprint density at radius 2 is 1.91 bits per heavy atom. The lowest BCUT2D eigenvalue weighted by Crippen LogP contribution is -2.48. The van der Waals surface area contributed by atoms with Crippen LogP contribution in [0.15, 0.2) is 42.7 Å². The standard InChI is InChI=1S/C28H39F2N2O3/c1-22-31(17-18-32(22)21-23-10-4-2-5-11-23)16-9-19-35-26(33)28(34,24-12-6-3-7-13-24)25-14-8-15-27(29,30)20-25/h3,6-7,12-13,17-18,23,25,34H,2,4-5,8-11,14-16,19-21H2,1H3/q+1/t25-,28+/m1/s1. The molecular weight excluding hydrogens is 450 g/mol. The predicted molar refractivity (Wildman–Crippen MR) is 129 cm³/mol. The van der Waals surface area contributed by atoms with E-state index in [4.69, 9.17) is 4.74 Å². The zero-order valence-corrected chi connectivity index (χ0v) is 20.8. The molecule has 0 aliphatic heterocycles. The molecule has 7 heteroatoms. The Kier molecular flexibility index (Phi) is 8.25. The van der Waals surface area contributed by atoms with Gasteiger partial charge in [-0.1, -0.05) is 49.6 Å². The van der Waals surface area contributed by atoms with Gasteiger partial charge in [-0.05, 0) is 37.2 Å². The van der Waals surface area contributed by atoms with Crippen molar-refractivity contribution in [2.45, 2.75) is 95.7 Å². The second-order valence-electron chi connectivity index (χ2n) is 10.5. The third kappa shape index (κ3) is 6.11. The number of hydrogen-bond acceptors (Lipinski definition) is 3. The highest BCUT2D eigenvalue weighted by Crippen LogP contribution is 2.45. The second-order valence-corrected chi connectivity index (χ2v) is 10.5. The molecule has 1 N–H and O–H groups in total. The van der Waals surface area contributed by atoms with E-state index in [-0.39, 0.29) is 19.4 Å². The number of halogens is 2. The summed E-state index contributed by atoms with van der Waals surface area (Å²) in [7, 11) is 0. The van der Waals surface area contributed by atoms with Crippen molar-refractivity contribution in [3.8, 4) is 0 Å². The van der Waals surface area contributed by atoms with Crippen molar-refractivity contribution >= 4 is 5.97 Å². The van der Waals surface area contributed by atoms with E-state index >= 15 is 0 Å². The molecule has 2 aliphatic carbocycles. The molecule has 0 amide bonds. The van der Waals surface area contributed by atoms with Crippen molar-refractivity contribution in [3.05, 3.63) is 54.1 Å². The van der Waals surface area contributed by atoms with Crippen molar-refractivity contribution in [3.63, 3.8) is 0 Å². The zero-order chi connectivity index (χ0) is 24.9. The van der Waals surface area contributed by atoms with Crippen molar-refractivity contribution in [2.75, 3.05) is 6.61 Å². The van der Waals surface area contributed by atoms with E-state index in [2.05, 4.69) is 28.5 Å². The molecule has 35 heavy (non-hydrogen) atoms. The lowest BCUT2D eigenvalue weighted by molar-refractivity contribution is -0.709. The summed E-state index contributed by atoms with van der Waals surface area (Å²) in [6.07, 6.45) is 11.3. The van der Waals surface area contributed by atoms with Gasteiger partial charge in [0.15, 0.2) is 5.60 Å². The van der Waals surface area contributed by atoms with Crippen LogP contribution in [0, 0.1) is 18.8 Å². The average Bonchev–Trinajstić information content (AvgIpc) is 3.20. The number of aromatic nitrogens is 2. The van der Waals surface area contributed by atoms with E-state index in [1.807, 2.05) is 0 Å². The maximum Gasteiger partial charge on any atom is 0.343 e. The number of imidazole rings is 1. The van der Waals surface area contributed by atoms with Gasteiger partial charge in [-0.15, -0.1) is 0 Å². The largest absolute Gasteiger partial charge is 0.463 e. The molecule has 0 bridgehead atoms. The number of alkyl halides is 2. The van der Waals surface area contributed by atoms with Gasteiger partial charge in [0.1, 0.15) is 12.4 Å². The number of ether oxygens (including phenoxy) is 1. The monoisotopic (exact) mass is 489 g/mol. The molecule has 2 aliphatic rings. The Morgan fingerprint density at radius 3 is 2.63 bits per heavy atom. The molecule has 2 fully saturated rings. The van der Waals surface area contributed by atoms with Gasteiger partial charge >= 0.3 is 5.97 Å². The highest BCUT2D eigenvalue weighted by atomic mass is 19.3. The van der Waals surface area contributed by atoms with Crippen LogP contribution < -0.4 is 4.57 Å². The molecule has 0 radical (unpaired) electrons. The normalized spacial score (nSPS) is 22.5. The summed E-state index contributed by atoms with van der Waals surface area (Å²) in [5.74, 6) is -2.68. The summed E-state index contributed by atoms with van der Waals surface area (Å²) in [5, 5.41) is 11.5. The Labute approximate surface area is 207 Å². The summed E-state index contributed by atoms with van der Waals surface area (Å²) >= 11 is 0. The van der Waals surface area contributed by atoms with Crippen LogP contribution in [0.3, 0.4) is 0 Å². The Morgan fingerprint density at radius 1 is 1.17 bits per heavy atom. The average molecular weight is 490 g/mol. The first-order valence-electron chi connectivity index (χ1n) is 13.2. The minimum absolute atomic E-state index is 0.122. The number of esters is 1. The minimum Gasteiger partial charge on any atom is -0.463 e. The fourth-order valence-corrected chi connectivity index (χ4v) is 5.87. The highest BCUT2D eigenvalue weighted by molar-refractivity contribution is 5.81. The molecule has 1 aromatic carbocycles. The first kappa shape index (κ1) is 25.8. The van der Waals surface area contributed by atoms with Crippen LogP contribution in [-0.4, -0.2) is 28.2 Å². The van der Waals surface area contributed by atoms with Crippen molar-refractivity contribution in [1.82, 2.24) is 4.57 Å². The third-order valence-corrected chi connectivity index (χ3v) is 7.97. The first-order chi connectivity index (χ1) is 16.8. The smallest absolute Gasteiger partial charge is 0.343 e.